The first-order valence-corrected chi connectivity index (χ1v) is 8.95. The highest BCUT2D eigenvalue weighted by molar-refractivity contribution is 7.98. The van der Waals surface area contributed by atoms with E-state index in [1.54, 1.807) is 18.4 Å². The number of nitrogens with two attached hydrogens (primary N) is 1. The molecule has 0 aliphatic rings. The maximum atomic E-state index is 6.15. The van der Waals surface area contributed by atoms with E-state index in [9.17, 15) is 0 Å². The maximum Gasteiger partial charge on any atom is 0.249 e. The number of thioether (sulfide) groups is 1. The minimum absolute atomic E-state index is 0.370. The molecule has 0 atom stereocenters. The fourth-order valence-corrected chi connectivity index (χ4v) is 3.27. The largest absolute Gasteiger partial charge is 0.469 e. The van der Waals surface area contributed by atoms with Crippen LogP contribution in [0.1, 0.15) is 11.7 Å². The first kappa shape index (κ1) is 16.7. The molecular formula is C16H13ClN6O2S. The molecule has 2 N–H and O–H groups in total. The summed E-state index contributed by atoms with van der Waals surface area (Å²) < 4.78 is 12.4. The fourth-order valence-electron chi connectivity index (χ4n) is 2.36. The van der Waals surface area contributed by atoms with Crippen molar-refractivity contribution in [1.29, 1.82) is 0 Å². The van der Waals surface area contributed by atoms with E-state index >= 15 is 0 Å². The molecule has 4 aromatic rings. The van der Waals surface area contributed by atoms with Gasteiger partial charge >= 0.3 is 0 Å². The molecule has 0 aliphatic heterocycles. The van der Waals surface area contributed by atoms with Gasteiger partial charge in [-0.05, 0) is 25.1 Å². The zero-order valence-electron chi connectivity index (χ0n) is 13.6. The number of aryl methyl sites for hydroxylation is 1. The molecular weight excluding hydrogens is 376 g/mol. The van der Waals surface area contributed by atoms with Crippen molar-refractivity contribution < 1.29 is 8.83 Å². The molecule has 4 rings (SSSR count). The third-order valence-electron chi connectivity index (χ3n) is 3.66. The van der Waals surface area contributed by atoms with Gasteiger partial charge in [-0.3, -0.25) is 0 Å². The lowest BCUT2D eigenvalue weighted by Gasteiger charge is -2.01. The van der Waals surface area contributed by atoms with E-state index in [0.29, 0.717) is 39.1 Å². The Morgan fingerprint density at radius 3 is 2.73 bits per heavy atom. The summed E-state index contributed by atoms with van der Waals surface area (Å²) in [7, 11) is 0. The zero-order valence-corrected chi connectivity index (χ0v) is 15.2. The van der Waals surface area contributed by atoms with Crippen LogP contribution >= 0.6 is 23.4 Å². The van der Waals surface area contributed by atoms with Crippen LogP contribution in [0, 0.1) is 6.92 Å². The molecule has 0 radical (unpaired) electrons. The lowest BCUT2D eigenvalue weighted by molar-refractivity contribution is 0.528. The Hall–Kier alpha value is -2.78. The number of halogens is 1. The Labute approximate surface area is 157 Å². The number of hydrogen-bond acceptors (Lipinski definition) is 8. The van der Waals surface area contributed by atoms with E-state index in [2.05, 4.69) is 20.4 Å². The summed E-state index contributed by atoms with van der Waals surface area (Å²) in [6, 6.07) is 9.09. The Morgan fingerprint density at radius 1 is 1.12 bits per heavy atom. The quantitative estimate of drug-likeness (QED) is 0.408. The lowest BCUT2D eigenvalue weighted by Crippen LogP contribution is -2.11. The van der Waals surface area contributed by atoms with Gasteiger partial charge in [-0.25, -0.2) is 4.68 Å². The van der Waals surface area contributed by atoms with E-state index in [-0.39, 0.29) is 0 Å². The predicted octanol–water partition coefficient (Wildman–Crippen LogP) is 3.56. The van der Waals surface area contributed by atoms with Gasteiger partial charge in [-0.2, -0.15) is 0 Å². The first-order chi connectivity index (χ1) is 12.6. The Morgan fingerprint density at radius 2 is 1.96 bits per heavy atom. The Balaban J connectivity index is 1.50. The third kappa shape index (κ3) is 3.06. The van der Waals surface area contributed by atoms with E-state index in [1.165, 1.54) is 16.4 Å². The van der Waals surface area contributed by atoms with E-state index in [1.807, 2.05) is 25.1 Å². The highest BCUT2D eigenvalue weighted by Gasteiger charge is 2.17. The van der Waals surface area contributed by atoms with Gasteiger partial charge in [-0.1, -0.05) is 35.5 Å². The van der Waals surface area contributed by atoms with Gasteiger partial charge < -0.3 is 14.7 Å². The molecule has 0 unspecified atom stereocenters. The standard InChI is InChI=1S/C16H13ClN6O2S/c1-9-10(6-7-24-9)14-20-22-16(23(14)18)26-8-13-19-21-15(25-13)11-4-2-3-5-12(11)17/h2-7H,8,18H2,1H3. The third-order valence-corrected chi connectivity index (χ3v) is 4.92. The molecule has 0 fully saturated rings. The number of furan rings is 1. The number of nitrogens with zero attached hydrogens (tertiary/aromatic N) is 5. The molecule has 3 aromatic heterocycles. The summed E-state index contributed by atoms with van der Waals surface area (Å²) in [4.78, 5) is 0. The van der Waals surface area contributed by atoms with Gasteiger partial charge in [0.2, 0.25) is 16.9 Å². The predicted molar refractivity (Wildman–Crippen MR) is 96.9 cm³/mol. The minimum Gasteiger partial charge on any atom is -0.469 e. The summed E-state index contributed by atoms with van der Waals surface area (Å²) in [5, 5.41) is 17.4. The number of hydrogen-bond donors (Lipinski definition) is 1. The zero-order chi connectivity index (χ0) is 18.1. The van der Waals surface area contributed by atoms with E-state index in [0.717, 1.165) is 11.3 Å². The van der Waals surface area contributed by atoms with Crippen LogP contribution in [0.15, 0.2) is 50.6 Å². The van der Waals surface area contributed by atoms with E-state index < -0.39 is 0 Å². The van der Waals surface area contributed by atoms with Gasteiger partial charge in [0.1, 0.15) is 5.76 Å². The smallest absolute Gasteiger partial charge is 0.249 e. The van der Waals surface area contributed by atoms with Gasteiger partial charge in [0.25, 0.3) is 0 Å². The molecule has 0 saturated carbocycles. The van der Waals surface area contributed by atoms with Gasteiger partial charge in [0, 0.05) is 0 Å². The molecule has 0 amide bonds. The SMILES string of the molecule is Cc1occc1-c1nnc(SCc2nnc(-c3ccccc3Cl)o2)n1N. The van der Waals surface area contributed by atoms with Crippen molar-refractivity contribution in [3.05, 3.63) is 53.3 Å². The second-order valence-corrected chi connectivity index (χ2v) is 6.69. The van der Waals surface area contributed by atoms with Crippen LogP contribution in [0.3, 0.4) is 0 Å². The van der Waals surface area contributed by atoms with Crippen molar-refractivity contribution >= 4 is 23.4 Å². The van der Waals surface area contributed by atoms with Crippen LogP contribution < -0.4 is 5.84 Å². The molecule has 0 bridgehead atoms. The average molecular weight is 389 g/mol. The summed E-state index contributed by atoms with van der Waals surface area (Å²) >= 11 is 7.49. The number of nitrogen functional groups attached to an aromatic ring is 1. The van der Waals surface area contributed by atoms with Crippen molar-refractivity contribution in [2.75, 3.05) is 5.84 Å². The maximum absolute atomic E-state index is 6.15. The highest BCUT2D eigenvalue weighted by Crippen LogP contribution is 2.29. The normalized spacial score (nSPS) is 11.2. The number of benzene rings is 1. The van der Waals surface area contributed by atoms with Gasteiger partial charge in [0.05, 0.1) is 28.2 Å². The van der Waals surface area contributed by atoms with Crippen LogP contribution in [0.4, 0.5) is 0 Å². The number of rotatable bonds is 5. The van der Waals surface area contributed by atoms with Crippen molar-refractivity contribution in [1.82, 2.24) is 25.1 Å². The lowest BCUT2D eigenvalue weighted by atomic mass is 10.2. The van der Waals surface area contributed by atoms with Crippen molar-refractivity contribution in [3.63, 3.8) is 0 Å². The summed E-state index contributed by atoms with van der Waals surface area (Å²) in [6.07, 6.45) is 1.58. The molecule has 3 heterocycles. The van der Waals surface area contributed by atoms with Gasteiger partial charge in [0.15, 0.2) is 5.82 Å². The Kier molecular flexibility index (Phi) is 4.39. The molecule has 0 spiro atoms. The first-order valence-electron chi connectivity index (χ1n) is 7.58. The van der Waals surface area contributed by atoms with Crippen LogP contribution in [-0.4, -0.2) is 25.1 Å². The molecule has 0 saturated heterocycles. The van der Waals surface area contributed by atoms with Crippen LogP contribution in [-0.2, 0) is 5.75 Å². The summed E-state index contributed by atoms with van der Waals surface area (Å²) in [5.41, 5.74) is 1.49. The molecule has 0 aliphatic carbocycles. The van der Waals surface area contributed by atoms with Crippen LogP contribution in [0.25, 0.3) is 22.8 Å². The number of aromatic nitrogens is 5. The van der Waals surface area contributed by atoms with Crippen molar-refractivity contribution in [3.8, 4) is 22.8 Å². The van der Waals surface area contributed by atoms with Crippen LogP contribution in [0.2, 0.25) is 5.02 Å². The van der Waals surface area contributed by atoms with Crippen molar-refractivity contribution in [2.45, 2.75) is 17.8 Å². The van der Waals surface area contributed by atoms with Gasteiger partial charge in [-0.15, -0.1) is 20.4 Å². The topological polar surface area (TPSA) is 109 Å². The molecule has 26 heavy (non-hydrogen) atoms. The Bertz CT molecular complexity index is 1060. The molecule has 8 nitrogen and oxygen atoms in total. The minimum atomic E-state index is 0.370. The molecule has 132 valence electrons. The fraction of sp³-hybridized carbons (Fsp3) is 0.125. The average Bonchev–Trinajstić information content (AvgIpc) is 3.34. The molecule has 10 heteroatoms. The van der Waals surface area contributed by atoms with Crippen LogP contribution in [0.5, 0.6) is 0 Å². The second-order valence-electron chi connectivity index (χ2n) is 5.34. The van der Waals surface area contributed by atoms with E-state index in [4.69, 9.17) is 26.3 Å². The van der Waals surface area contributed by atoms with Crippen molar-refractivity contribution in [2.24, 2.45) is 0 Å². The summed E-state index contributed by atoms with van der Waals surface area (Å²) in [5.74, 6) is 8.55. The second kappa shape index (κ2) is 6.85. The monoisotopic (exact) mass is 388 g/mol. The highest BCUT2D eigenvalue weighted by atomic mass is 35.5. The molecule has 1 aromatic carbocycles. The summed E-state index contributed by atoms with van der Waals surface area (Å²) in [6.45, 7) is 1.84.